The Hall–Kier alpha value is -3.78. The van der Waals surface area contributed by atoms with Crippen molar-refractivity contribution in [2.24, 2.45) is 0 Å². The lowest BCUT2D eigenvalue weighted by Gasteiger charge is -2.11. The Morgan fingerprint density at radius 1 is 1.09 bits per heavy atom. The Labute approximate surface area is 188 Å². The number of methoxy groups -OCH3 is 2. The second kappa shape index (κ2) is 8.76. The lowest BCUT2D eigenvalue weighted by molar-refractivity contribution is -0.135. The van der Waals surface area contributed by atoms with Gasteiger partial charge in [0.25, 0.3) is 11.7 Å². The van der Waals surface area contributed by atoms with Gasteiger partial charge in [-0.1, -0.05) is 23.7 Å². The number of hydrogen-bond acceptors (Lipinski definition) is 6. The van der Waals surface area contributed by atoms with Crippen molar-refractivity contribution in [3.8, 4) is 11.5 Å². The summed E-state index contributed by atoms with van der Waals surface area (Å²) in [6.07, 6.45) is 2.73. The molecule has 1 amide bonds. The number of cyclic esters (lactones) is 1. The maximum absolute atomic E-state index is 13.1. The van der Waals surface area contributed by atoms with Crippen molar-refractivity contribution in [1.29, 1.82) is 0 Å². The SMILES string of the molecule is COc1ccc(OC)c2c1c(C(=O)C(=O)NC1=CC(=O)OC1)cn2Cc1ccc(Cl)cc1. The maximum atomic E-state index is 13.1. The highest BCUT2D eigenvalue weighted by molar-refractivity contribution is 6.45. The van der Waals surface area contributed by atoms with Gasteiger partial charge in [-0.25, -0.2) is 4.79 Å². The third kappa shape index (κ3) is 4.04. The molecule has 0 bridgehead atoms. The number of Topliss-reactive ketones (excluding diaryl/α,β-unsaturated/α-hetero) is 1. The summed E-state index contributed by atoms with van der Waals surface area (Å²) in [7, 11) is 3.01. The number of ether oxygens (including phenoxy) is 3. The van der Waals surface area contributed by atoms with Crippen LogP contribution in [0.2, 0.25) is 5.02 Å². The van der Waals surface area contributed by atoms with Crippen LogP contribution < -0.4 is 14.8 Å². The van der Waals surface area contributed by atoms with Crippen molar-refractivity contribution in [3.63, 3.8) is 0 Å². The molecule has 2 aromatic carbocycles. The summed E-state index contributed by atoms with van der Waals surface area (Å²) in [5.41, 5.74) is 1.92. The molecule has 0 aliphatic carbocycles. The first-order valence-electron chi connectivity index (χ1n) is 9.62. The van der Waals surface area contributed by atoms with Gasteiger partial charge in [0.05, 0.1) is 36.4 Å². The Morgan fingerprint density at radius 3 is 2.41 bits per heavy atom. The molecule has 8 nitrogen and oxygen atoms in total. The van der Waals surface area contributed by atoms with E-state index < -0.39 is 17.7 Å². The van der Waals surface area contributed by atoms with Crippen LogP contribution in [0, 0.1) is 0 Å². The summed E-state index contributed by atoms with van der Waals surface area (Å²) >= 11 is 5.99. The molecule has 1 aliphatic rings. The molecule has 1 aliphatic heterocycles. The number of amides is 1. The first-order valence-corrected chi connectivity index (χ1v) is 10.0. The molecule has 2 heterocycles. The Morgan fingerprint density at radius 2 is 1.78 bits per heavy atom. The van der Waals surface area contributed by atoms with Crippen molar-refractivity contribution in [3.05, 3.63) is 70.5 Å². The molecule has 0 saturated carbocycles. The van der Waals surface area contributed by atoms with Gasteiger partial charge in [-0.3, -0.25) is 9.59 Å². The molecule has 1 aromatic heterocycles. The fourth-order valence-corrected chi connectivity index (χ4v) is 3.70. The number of hydrogen-bond donors (Lipinski definition) is 1. The van der Waals surface area contributed by atoms with Gasteiger partial charge in [-0.2, -0.15) is 0 Å². The summed E-state index contributed by atoms with van der Waals surface area (Å²) in [4.78, 5) is 37.0. The second-order valence-electron chi connectivity index (χ2n) is 7.05. The minimum atomic E-state index is -0.884. The zero-order valence-electron chi connectivity index (χ0n) is 17.3. The molecule has 32 heavy (non-hydrogen) atoms. The lowest BCUT2D eigenvalue weighted by Crippen LogP contribution is -2.31. The fourth-order valence-electron chi connectivity index (χ4n) is 3.57. The van der Waals surface area contributed by atoms with Crippen molar-refractivity contribution in [2.45, 2.75) is 6.54 Å². The average Bonchev–Trinajstić information content (AvgIpc) is 3.37. The van der Waals surface area contributed by atoms with Gasteiger partial charge in [0.15, 0.2) is 0 Å². The van der Waals surface area contributed by atoms with Gasteiger partial charge < -0.3 is 24.1 Å². The summed E-state index contributed by atoms with van der Waals surface area (Å²) in [6.45, 7) is 0.312. The molecule has 4 rings (SSSR count). The van der Waals surface area contributed by atoms with E-state index in [2.05, 4.69) is 5.32 Å². The van der Waals surface area contributed by atoms with Gasteiger partial charge in [0.1, 0.15) is 18.1 Å². The van der Waals surface area contributed by atoms with Crippen LogP contribution in [-0.4, -0.2) is 43.1 Å². The first-order chi connectivity index (χ1) is 15.4. The second-order valence-corrected chi connectivity index (χ2v) is 7.49. The van der Waals surface area contributed by atoms with Crippen LogP contribution in [0.15, 0.2) is 54.4 Å². The van der Waals surface area contributed by atoms with Crippen LogP contribution >= 0.6 is 11.6 Å². The molecule has 9 heteroatoms. The number of fused-ring (bicyclic) bond motifs is 1. The van der Waals surface area contributed by atoms with E-state index >= 15 is 0 Å². The maximum Gasteiger partial charge on any atom is 0.333 e. The Kier molecular flexibility index (Phi) is 5.87. The van der Waals surface area contributed by atoms with Crippen molar-refractivity contribution < 1.29 is 28.6 Å². The quantitative estimate of drug-likeness (QED) is 0.335. The minimum absolute atomic E-state index is 0.0900. The van der Waals surface area contributed by atoms with Gasteiger partial charge in [-0.05, 0) is 29.8 Å². The summed E-state index contributed by atoms with van der Waals surface area (Å²) in [5.74, 6) is -1.29. The highest BCUT2D eigenvalue weighted by atomic mass is 35.5. The highest BCUT2D eigenvalue weighted by Gasteiger charge is 2.27. The molecule has 0 atom stereocenters. The van der Waals surface area contributed by atoms with Crippen LogP contribution in [-0.2, 0) is 20.9 Å². The van der Waals surface area contributed by atoms with Gasteiger partial charge >= 0.3 is 5.97 Å². The van der Waals surface area contributed by atoms with E-state index in [4.69, 9.17) is 25.8 Å². The lowest BCUT2D eigenvalue weighted by atomic mass is 10.1. The van der Waals surface area contributed by atoms with Crippen LogP contribution in [0.3, 0.4) is 0 Å². The number of carbonyl (C=O) groups is 3. The predicted molar refractivity (Wildman–Crippen MR) is 117 cm³/mol. The molecule has 1 N–H and O–H groups in total. The standard InChI is InChI=1S/C23H19ClN2O6/c1-30-17-7-8-18(31-2)21-20(17)16(11-26(21)10-13-3-5-14(24)6-4-13)22(28)23(29)25-15-9-19(27)32-12-15/h3-9,11H,10,12H2,1-2H3,(H,25,29). The minimum Gasteiger partial charge on any atom is -0.496 e. The monoisotopic (exact) mass is 454 g/mol. The normalized spacial score (nSPS) is 13.0. The predicted octanol–water partition coefficient (Wildman–Crippen LogP) is 3.10. The Bertz CT molecular complexity index is 1260. The molecular weight excluding hydrogens is 436 g/mol. The third-order valence-corrected chi connectivity index (χ3v) is 5.29. The topological polar surface area (TPSA) is 95.9 Å². The van der Waals surface area contributed by atoms with Crippen molar-refractivity contribution in [1.82, 2.24) is 9.88 Å². The van der Waals surface area contributed by atoms with E-state index in [1.165, 1.54) is 14.2 Å². The van der Waals surface area contributed by atoms with E-state index in [0.29, 0.717) is 34.0 Å². The molecule has 0 radical (unpaired) electrons. The van der Waals surface area contributed by atoms with Crippen LogP contribution in [0.4, 0.5) is 0 Å². The number of carbonyl (C=O) groups excluding carboxylic acids is 3. The number of benzene rings is 2. The summed E-state index contributed by atoms with van der Waals surface area (Å²) in [5, 5.41) is 3.50. The smallest absolute Gasteiger partial charge is 0.333 e. The number of esters is 1. The molecule has 3 aromatic rings. The van der Waals surface area contributed by atoms with E-state index in [9.17, 15) is 14.4 Å². The van der Waals surface area contributed by atoms with E-state index in [0.717, 1.165) is 11.6 Å². The van der Waals surface area contributed by atoms with Crippen LogP contribution in [0.1, 0.15) is 15.9 Å². The molecule has 164 valence electrons. The van der Waals surface area contributed by atoms with E-state index in [1.807, 2.05) is 16.7 Å². The van der Waals surface area contributed by atoms with E-state index in [-0.39, 0.29) is 17.9 Å². The molecular formula is C23H19ClN2O6. The van der Waals surface area contributed by atoms with Gasteiger partial charge in [0, 0.05) is 23.8 Å². The number of nitrogens with zero attached hydrogens (tertiary/aromatic N) is 1. The first kappa shape index (κ1) is 21.5. The fraction of sp³-hybridized carbons (Fsp3) is 0.174. The number of nitrogens with one attached hydrogen (secondary N) is 1. The number of aromatic nitrogens is 1. The van der Waals surface area contributed by atoms with Crippen LogP contribution in [0.25, 0.3) is 10.9 Å². The molecule has 0 spiro atoms. The van der Waals surface area contributed by atoms with Gasteiger partial charge in [0.2, 0.25) is 0 Å². The van der Waals surface area contributed by atoms with E-state index in [1.54, 1.807) is 30.5 Å². The number of halogens is 1. The molecule has 0 saturated heterocycles. The van der Waals surface area contributed by atoms with Crippen LogP contribution in [0.5, 0.6) is 11.5 Å². The zero-order chi connectivity index (χ0) is 22.8. The number of rotatable bonds is 7. The largest absolute Gasteiger partial charge is 0.496 e. The number of ketones is 1. The third-order valence-electron chi connectivity index (χ3n) is 5.04. The highest BCUT2D eigenvalue weighted by Crippen LogP contribution is 2.37. The zero-order valence-corrected chi connectivity index (χ0v) is 18.1. The molecule has 0 fully saturated rings. The van der Waals surface area contributed by atoms with Crippen molar-refractivity contribution in [2.75, 3.05) is 20.8 Å². The average molecular weight is 455 g/mol. The Balaban J connectivity index is 1.80. The summed E-state index contributed by atoms with van der Waals surface area (Å²) < 4.78 is 17.6. The molecule has 0 unspecified atom stereocenters. The van der Waals surface area contributed by atoms with Gasteiger partial charge in [-0.15, -0.1) is 0 Å². The summed E-state index contributed by atoms with van der Waals surface area (Å²) in [6, 6.07) is 10.7. The van der Waals surface area contributed by atoms with Crippen molar-refractivity contribution >= 4 is 40.2 Å².